The van der Waals surface area contributed by atoms with E-state index in [1.807, 2.05) is 0 Å². The van der Waals surface area contributed by atoms with Crippen LogP contribution in [0.2, 0.25) is 0 Å². The Kier molecular flexibility index (Phi) is 2.52. The summed E-state index contributed by atoms with van der Waals surface area (Å²) in [5.41, 5.74) is 0.571. The second-order valence-corrected chi connectivity index (χ2v) is 3.57. The van der Waals surface area contributed by atoms with Gasteiger partial charge in [-0.15, -0.1) is 0 Å². The molecule has 13 heavy (non-hydrogen) atoms. The van der Waals surface area contributed by atoms with Crippen molar-refractivity contribution in [3.05, 3.63) is 24.0 Å². The molecule has 1 aliphatic rings. The first-order chi connectivity index (χ1) is 6.38. The summed E-state index contributed by atoms with van der Waals surface area (Å²) < 4.78 is 13.2. The van der Waals surface area contributed by atoms with E-state index >= 15 is 0 Å². The molecular formula is C10H13FN2. The van der Waals surface area contributed by atoms with Crippen molar-refractivity contribution in [1.82, 2.24) is 9.97 Å². The second kappa shape index (κ2) is 3.81. The molecule has 0 N–H and O–H groups in total. The third-order valence-corrected chi connectivity index (χ3v) is 2.67. The van der Waals surface area contributed by atoms with Crippen LogP contribution in [0, 0.1) is 5.95 Å². The van der Waals surface area contributed by atoms with Gasteiger partial charge in [0.15, 0.2) is 0 Å². The summed E-state index contributed by atoms with van der Waals surface area (Å²) >= 11 is 0. The Morgan fingerprint density at radius 2 is 1.77 bits per heavy atom. The van der Waals surface area contributed by atoms with Crippen molar-refractivity contribution in [2.24, 2.45) is 0 Å². The minimum atomic E-state index is -0.380. The Balaban J connectivity index is 2.18. The van der Waals surface area contributed by atoms with Crippen LogP contribution in [0.15, 0.2) is 12.4 Å². The van der Waals surface area contributed by atoms with E-state index in [0.29, 0.717) is 11.6 Å². The van der Waals surface area contributed by atoms with Crippen LogP contribution in [0.25, 0.3) is 0 Å². The summed E-state index contributed by atoms with van der Waals surface area (Å²) in [5, 5.41) is 0. The normalized spacial score (nSPS) is 18.8. The molecule has 0 radical (unpaired) electrons. The van der Waals surface area contributed by atoms with Crippen molar-refractivity contribution in [3.8, 4) is 0 Å². The lowest BCUT2D eigenvalue weighted by molar-refractivity contribution is 0.414. The van der Waals surface area contributed by atoms with Crippen LogP contribution in [0.3, 0.4) is 0 Å². The predicted octanol–water partition coefficient (Wildman–Crippen LogP) is 2.66. The first-order valence-electron chi connectivity index (χ1n) is 4.84. The topological polar surface area (TPSA) is 25.8 Å². The van der Waals surface area contributed by atoms with Crippen LogP contribution in [0.1, 0.15) is 43.7 Å². The van der Waals surface area contributed by atoms with Crippen LogP contribution < -0.4 is 0 Å². The van der Waals surface area contributed by atoms with Crippen molar-refractivity contribution in [2.75, 3.05) is 0 Å². The molecule has 0 amide bonds. The lowest BCUT2D eigenvalue weighted by atomic mass is 9.87. The molecule has 0 saturated heterocycles. The highest BCUT2D eigenvalue weighted by molar-refractivity contribution is 5.06. The summed E-state index contributed by atoms with van der Waals surface area (Å²) in [7, 11) is 0. The Bertz CT molecular complexity index is 282. The summed E-state index contributed by atoms with van der Waals surface area (Å²) in [5.74, 6) is -0.0724. The number of nitrogens with zero attached hydrogens (tertiary/aromatic N) is 2. The average Bonchev–Trinajstić information content (AvgIpc) is 2.20. The number of hydrogen-bond donors (Lipinski definition) is 0. The number of halogens is 1. The van der Waals surface area contributed by atoms with E-state index in [4.69, 9.17) is 0 Å². The van der Waals surface area contributed by atoms with Crippen molar-refractivity contribution < 1.29 is 4.39 Å². The molecule has 1 heterocycles. The van der Waals surface area contributed by atoms with E-state index in [0.717, 1.165) is 12.8 Å². The van der Waals surface area contributed by atoms with Crippen molar-refractivity contribution in [3.63, 3.8) is 0 Å². The van der Waals surface area contributed by atoms with E-state index in [-0.39, 0.29) is 5.95 Å². The minimum absolute atomic E-state index is 0.308. The van der Waals surface area contributed by atoms with Gasteiger partial charge >= 0.3 is 0 Å². The maximum Gasteiger partial charge on any atom is 0.234 e. The summed E-state index contributed by atoms with van der Waals surface area (Å²) in [6.45, 7) is 0. The van der Waals surface area contributed by atoms with Crippen LogP contribution >= 0.6 is 0 Å². The molecule has 1 fully saturated rings. The van der Waals surface area contributed by atoms with Gasteiger partial charge < -0.3 is 0 Å². The van der Waals surface area contributed by atoms with Gasteiger partial charge in [0.05, 0.1) is 5.69 Å². The standard InChI is InChI=1S/C10H13FN2/c11-10-9(12-6-7-13-10)8-4-2-1-3-5-8/h6-8H,1-5H2. The quantitative estimate of drug-likeness (QED) is 0.664. The highest BCUT2D eigenvalue weighted by Gasteiger charge is 2.20. The van der Waals surface area contributed by atoms with Gasteiger partial charge in [0, 0.05) is 18.3 Å². The van der Waals surface area contributed by atoms with Gasteiger partial charge in [-0.05, 0) is 12.8 Å². The number of rotatable bonds is 1. The minimum Gasteiger partial charge on any atom is -0.255 e. The maximum atomic E-state index is 13.2. The lowest BCUT2D eigenvalue weighted by Gasteiger charge is -2.20. The molecular weight excluding hydrogens is 167 g/mol. The summed E-state index contributed by atoms with van der Waals surface area (Å²) in [6, 6.07) is 0. The van der Waals surface area contributed by atoms with Crippen LogP contribution in [-0.2, 0) is 0 Å². The largest absolute Gasteiger partial charge is 0.255 e. The fourth-order valence-electron chi connectivity index (χ4n) is 1.98. The Morgan fingerprint density at radius 3 is 2.46 bits per heavy atom. The molecule has 3 heteroatoms. The Morgan fingerprint density at radius 1 is 1.08 bits per heavy atom. The van der Waals surface area contributed by atoms with Gasteiger partial charge in [0.1, 0.15) is 0 Å². The van der Waals surface area contributed by atoms with E-state index in [9.17, 15) is 4.39 Å². The molecule has 1 saturated carbocycles. The predicted molar refractivity (Wildman–Crippen MR) is 47.8 cm³/mol. The molecule has 0 bridgehead atoms. The molecule has 1 aromatic heterocycles. The van der Waals surface area contributed by atoms with Crippen LogP contribution in [-0.4, -0.2) is 9.97 Å². The molecule has 0 aromatic carbocycles. The zero-order chi connectivity index (χ0) is 9.10. The highest BCUT2D eigenvalue weighted by Crippen LogP contribution is 2.31. The Labute approximate surface area is 77.2 Å². The van der Waals surface area contributed by atoms with Crippen molar-refractivity contribution in [2.45, 2.75) is 38.0 Å². The first kappa shape index (κ1) is 8.60. The Hall–Kier alpha value is -0.990. The first-order valence-corrected chi connectivity index (χ1v) is 4.84. The fraction of sp³-hybridized carbons (Fsp3) is 0.600. The van der Waals surface area contributed by atoms with Crippen molar-refractivity contribution >= 4 is 0 Å². The lowest BCUT2D eigenvalue weighted by Crippen LogP contribution is -2.09. The van der Waals surface area contributed by atoms with Crippen LogP contribution in [0.4, 0.5) is 4.39 Å². The molecule has 0 unspecified atom stereocenters. The summed E-state index contributed by atoms with van der Waals surface area (Å²) in [6.07, 6.45) is 8.78. The smallest absolute Gasteiger partial charge is 0.234 e. The van der Waals surface area contributed by atoms with Gasteiger partial charge in [0.25, 0.3) is 0 Å². The third kappa shape index (κ3) is 1.85. The molecule has 2 rings (SSSR count). The molecule has 0 atom stereocenters. The fourth-order valence-corrected chi connectivity index (χ4v) is 1.98. The zero-order valence-corrected chi connectivity index (χ0v) is 7.54. The van der Waals surface area contributed by atoms with Gasteiger partial charge in [0.2, 0.25) is 5.95 Å². The molecule has 70 valence electrons. The monoisotopic (exact) mass is 180 g/mol. The average molecular weight is 180 g/mol. The van der Waals surface area contributed by atoms with E-state index in [1.54, 1.807) is 6.20 Å². The van der Waals surface area contributed by atoms with E-state index < -0.39 is 0 Å². The number of hydrogen-bond acceptors (Lipinski definition) is 2. The molecule has 2 nitrogen and oxygen atoms in total. The highest BCUT2D eigenvalue weighted by atomic mass is 19.1. The molecule has 0 spiro atoms. The zero-order valence-electron chi connectivity index (χ0n) is 7.54. The van der Waals surface area contributed by atoms with Gasteiger partial charge in [-0.1, -0.05) is 19.3 Å². The number of aromatic nitrogens is 2. The van der Waals surface area contributed by atoms with Gasteiger partial charge in [-0.3, -0.25) is 4.98 Å². The van der Waals surface area contributed by atoms with E-state index in [1.165, 1.54) is 25.5 Å². The second-order valence-electron chi connectivity index (χ2n) is 3.57. The van der Waals surface area contributed by atoms with E-state index in [2.05, 4.69) is 9.97 Å². The SMILES string of the molecule is Fc1nccnc1C1CCCCC1. The third-order valence-electron chi connectivity index (χ3n) is 2.67. The maximum absolute atomic E-state index is 13.2. The molecule has 1 aromatic rings. The van der Waals surface area contributed by atoms with Crippen molar-refractivity contribution in [1.29, 1.82) is 0 Å². The van der Waals surface area contributed by atoms with Crippen LogP contribution in [0.5, 0.6) is 0 Å². The molecule has 0 aliphatic heterocycles. The summed E-state index contributed by atoms with van der Waals surface area (Å²) in [4.78, 5) is 7.69. The molecule has 1 aliphatic carbocycles. The van der Waals surface area contributed by atoms with Gasteiger partial charge in [-0.25, -0.2) is 4.98 Å². The van der Waals surface area contributed by atoms with Gasteiger partial charge in [-0.2, -0.15) is 4.39 Å².